The molecule has 0 saturated carbocycles. The summed E-state index contributed by atoms with van der Waals surface area (Å²) < 4.78 is 6.68. The summed E-state index contributed by atoms with van der Waals surface area (Å²) >= 11 is 2.24. The normalized spacial score (nSPS) is 17.7. The van der Waals surface area contributed by atoms with Crippen molar-refractivity contribution in [3.63, 3.8) is 0 Å². The van der Waals surface area contributed by atoms with Gasteiger partial charge in [0.05, 0.1) is 0 Å². The molecule has 1 aromatic rings. The maximum absolute atomic E-state index is 12.0. The number of rotatable bonds is 5. The second-order valence-electron chi connectivity index (χ2n) is 4.79. The van der Waals surface area contributed by atoms with Gasteiger partial charge in [0.15, 0.2) is 6.61 Å². The third-order valence-corrected chi connectivity index (χ3v) is 4.03. The Balaban J connectivity index is 0.00000200. The number of likely N-dealkylation sites (tertiary alicyclic amines) is 1. The average Bonchev–Trinajstić information content (AvgIpc) is 2.87. The molecule has 1 aliphatic rings. The summed E-state index contributed by atoms with van der Waals surface area (Å²) in [7, 11) is 1.95. The largest absolute Gasteiger partial charge is 0.484 e. The van der Waals surface area contributed by atoms with Crippen LogP contribution in [0.25, 0.3) is 0 Å². The zero-order valence-electron chi connectivity index (χ0n) is 11.5. The zero-order valence-corrected chi connectivity index (χ0v) is 14.4. The Morgan fingerprint density at radius 2 is 2.15 bits per heavy atom. The van der Waals surface area contributed by atoms with Gasteiger partial charge in [0, 0.05) is 16.7 Å². The molecule has 1 aliphatic heterocycles. The zero-order chi connectivity index (χ0) is 13.7. The monoisotopic (exact) mass is 410 g/mol. The van der Waals surface area contributed by atoms with Gasteiger partial charge in [0.1, 0.15) is 5.75 Å². The van der Waals surface area contributed by atoms with Gasteiger partial charge in [-0.25, -0.2) is 0 Å². The maximum atomic E-state index is 12.0. The van der Waals surface area contributed by atoms with Gasteiger partial charge in [-0.15, -0.1) is 12.4 Å². The lowest BCUT2D eigenvalue weighted by Gasteiger charge is -2.17. The Morgan fingerprint density at radius 3 is 2.80 bits per heavy atom. The van der Waals surface area contributed by atoms with Gasteiger partial charge in [-0.1, -0.05) is 0 Å². The van der Waals surface area contributed by atoms with Gasteiger partial charge in [-0.3, -0.25) is 4.79 Å². The Kier molecular flexibility index (Phi) is 7.61. The highest BCUT2D eigenvalue weighted by atomic mass is 127. The van der Waals surface area contributed by atoms with Gasteiger partial charge < -0.3 is 15.0 Å². The van der Waals surface area contributed by atoms with E-state index < -0.39 is 0 Å². The summed E-state index contributed by atoms with van der Waals surface area (Å²) in [5.74, 6) is 1.41. The highest BCUT2D eigenvalue weighted by Crippen LogP contribution is 2.17. The van der Waals surface area contributed by atoms with Gasteiger partial charge in [0.2, 0.25) is 0 Å². The van der Waals surface area contributed by atoms with E-state index in [4.69, 9.17) is 4.74 Å². The van der Waals surface area contributed by atoms with Crippen LogP contribution in [0.1, 0.15) is 6.42 Å². The molecule has 1 unspecified atom stereocenters. The molecule has 6 heteroatoms. The molecular weight excluding hydrogens is 391 g/mol. The number of benzene rings is 1. The van der Waals surface area contributed by atoms with Crippen LogP contribution in [0, 0.1) is 9.49 Å². The number of hydrogen-bond acceptors (Lipinski definition) is 3. The molecule has 1 fully saturated rings. The van der Waals surface area contributed by atoms with E-state index in [0.29, 0.717) is 5.92 Å². The van der Waals surface area contributed by atoms with Crippen LogP contribution in [0.5, 0.6) is 5.75 Å². The fourth-order valence-corrected chi connectivity index (χ4v) is 2.64. The van der Waals surface area contributed by atoms with E-state index in [1.807, 2.05) is 36.2 Å². The molecule has 1 N–H and O–H groups in total. The third kappa shape index (κ3) is 5.10. The fraction of sp³-hybridized carbons (Fsp3) is 0.500. The van der Waals surface area contributed by atoms with Crippen LogP contribution >= 0.6 is 35.0 Å². The molecule has 1 saturated heterocycles. The molecule has 0 aromatic heterocycles. The third-order valence-electron chi connectivity index (χ3n) is 3.31. The fourth-order valence-electron chi connectivity index (χ4n) is 2.28. The van der Waals surface area contributed by atoms with Gasteiger partial charge in [-0.2, -0.15) is 0 Å². The van der Waals surface area contributed by atoms with E-state index in [9.17, 15) is 4.79 Å². The van der Waals surface area contributed by atoms with Gasteiger partial charge in [0.25, 0.3) is 5.91 Å². The summed E-state index contributed by atoms with van der Waals surface area (Å²) in [5.41, 5.74) is 0. The van der Waals surface area contributed by atoms with Crippen LogP contribution in [0.3, 0.4) is 0 Å². The predicted molar refractivity (Wildman–Crippen MR) is 90.5 cm³/mol. The lowest BCUT2D eigenvalue weighted by molar-refractivity contribution is -0.132. The Bertz CT molecular complexity index is 428. The first-order chi connectivity index (χ1) is 9.19. The summed E-state index contributed by atoms with van der Waals surface area (Å²) in [4.78, 5) is 13.9. The molecule has 0 radical (unpaired) electrons. The minimum atomic E-state index is 0. The SMILES string of the molecule is CNCC1CCN(C(=O)COc2ccc(I)cc2)C1.Cl. The minimum Gasteiger partial charge on any atom is -0.484 e. The quantitative estimate of drug-likeness (QED) is 0.757. The smallest absolute Gasteiger partial charge is 0.260 e. The molecule has 20 heavy (non-hydrogen) atoms. The lowest BCUT2D eigenvalue weighted by atomic mass is 10.1. The topological polar surface area (TPSA) is 41.6 Å². The molecule has 0 bridgehead atoms. The van der Waals surface area contributed by atoms with E-state index in [2.05, 4.69) is 27.9 Å². The first-order valence-electron chi connectivity index (χ1n) is 6.50. The second kappa shape index (κ2) is 8.69. The minimum absolute atomic E-state index is 0. The van der Waals surface area contributed by atoms with Crippen LogP contribution in [0.4, 0.5) is 0 Å². The molecular formula is C14H20ClIN2O2. The highest BCUT2D eigenvalue weighted by Gasteiger charge is 2.25. The molecule has 1 heterocycles. The maximum Gasteiger partial charge on any atom is 0.260 e. The van der Waals surface area contributed by atoms with Crippen molar-refractivity contribution < 1.29 is 9.53 Å². The molecule has 0 aliphatic carbocycles. The van der Waals surface area contributed by atoms with E-state index in [-0.39, 0.29) is 24.9 Å². The summed E-state index contributed by atoms with van der Waals surface area (Å²) in [6.07, 6.45) is 1.08. The molecule has 2 rings (SSSR count). The standard InChI is InChI=1S/C14H19IN2O2.ClH/c1-16-8-11-6-7-17(9-11)14(18)10-19-13-4-2-12(15)3-5-13;/h2-5,11,16H,6-10H2,1H3;1H. The number of halogens is 2. The highest BCUT2D eigenvalue weighted by molar-refractivity contribution is 14.1. The molecule has 1 aromatic carbocycles. The van der Waals surface area contributed by atoms with Crippen LogP contribution in [0.2, 0.25) is 0 Å². The van der Waals surface area contributed by atoms with Crippen molar-refractivity contribution >= 4 is 40.9 Å². The van der Waals surface area contributed by atoms with Gasteiger partial charge >= 0.3 is 0 Å². The van der Waals surface area contributed by atoms with Crippen molar-refractivity contribution in [3.05, 3.63) is 27.8 Å². The number of nitrogens with one attached hydrogen (secondary N) is 1. The summed E-state index contributed by atoms with van der Waals surface area (Å²) in [6.45, 7) is 2.80. The number of ether oxygens (including phenoxy) is 1. The van der Waals surface area contributed by atoms with Crippen molar-refractivity contribution in [2.45, 2.75) is 6.42 Å². The van der Waals surface area contributed by atoms with E-state index in [1.54, 1.807) is 0 Å². The molecule has 0 spiro atoms. The van der Waals surface area contributed by atoms with E-state index in [0.717, 1.165) is 35.4 Å². The number of carbonyl (C=O) groups is 1. The van der Waals surface area contributed by atoms with Gasteiger partial charge in [-0.05, 0) is 72.8 Å². The van der Waals surface area contributed by atoms with Crippen LogP contribution < -0.4 is 10.1 Å². The Hall–Kier alpha value is -0.530. The van der Waals surface area contributed by atoms with Crippen molar-refractivity contribution in [2.75, 3.05) is 33.3 Å². The Morgan fingerprint density at radius 1 is 1.45 bits per heavy atom. The van der Waals surface area contributed by atoms with Crippen LogP contribution in [0.15, 0.2) is 24.3 Å². The van der Waals surface area contributed by atoms with E-state index in [1.165, 1.54) is 0 Å². The first kappa shape index (κ1) is 17.5. The molecule has 1 amide bonds. The van der Waals surface area contributed by atoms with Crippen molar-refractivity contribution in [1.82, 2.24) is 10.2 Å². The number of hydrogen-bond donors (Lipinski definition) is 1. The molecule has 112 valence electrons. The summed E-state index contributed by atoms with van der Waals surface area (Å²) in [6, 6.07) is 7.73. The van der Waals surface area contributed by atoms with Crippen molar-refractivity contribution in [1.29, 1.82) is 0 Å². The van der Waals surface area contributed by atoms with Crippen LogP contribution in [-0.2, 0) is 4.79 Å². The number of carbonyl (C=O) groups excluding carboxylic acids is 1. The Labute approximate surface area is 139 Å². The van der Waals surface area contributed by atoms with E-state index >= 15 is 0 Å². The van der Waals surface area contributed by atoms with Crippen molar-refractivity contribution in [2.24, 2.45) is 5.92 Å². The second-order valence-corrected chi connectivity index (χ2v) is 6.04. The molecule has 1 atom stereocenters. The average molecular weight is 411 g/mol. The van der Waals surface area contributed by atoms with Crippen LogP contribution in [-0.4, -0.2) is 44.1 Å². The first-order valence-corrected chi connectivity index (χ1v) is 7.57. The van der Waals surface area contributed by atoms with Crippen molar-refractivity contribution in [3.8, 4) is 5.75 Å². The number of amides is 1. The molecule has 4 nitrogen and oxygen atoms in total. The number of nitrogens with zero attached hydrogens (tertiary/aromatic N) is 1. The summed E-state index contributed by atoms with van der Waals surface area (Å²) in [5, 5.41) is 3.16. The predicted octanol–water partition coefficient (Wildman–Crippen LogP) is 2.16. The lowest BCUT2D eigenvalue weighted by Crippen LogP contribution is -2.34.